The quantitative estimate of drug-likeness (QED) is 0.647. The van der Waals surface area contributed by atoms with Crippen LogP contribution < -0.4 is 0 Å². The second-order valence-electron chi connectivity index (χ2n) is 6.65. The van der Waals surface area contributed by atoms with E-state index in [1.54, 1.807) is 29.4 Å². The van der Waals surface area contributed by atoms with Gasteiger partial charge in [-0.3, -0.25) is 9.69 Å². The summed E-state index contributed by atoms with van der Waals surface area (Å²) in [5.74, 6) is 0.497. The lowest BCUT2D eigenvalue weighted by Crippen LogP contribution is -2.51. The molecule has 7 heteroatoms. The molecule has 0 saturated carbocycles. The monoisotopic (exact) mass is 390 g/mol. The number of thiophene rings is 1. The molecule has 0 radical (unpaired) electrons. The number of esters is 1. The smallest absolute Gasteiger partial charge is 0.328 e. The summed E-state index contributed by atoms with van der Waals surface area (Å²) in [4.78, 5) is 30.3. The zero-order valence-electron chi connectivity index (χ0n) is 15.6. The molecular formula is C20H26N2O4S. The fourth-order valence-electron chi connectivity index (χ4n) is 3.41. The minimum Gasteiger partial charge on any atom is -0.468 e. The Balaban J connectivity index is 1.68. The molecule has 1 atom stereocenters. The normalized spacial score (nSPS) is 17.3. The lowest BCUT2D eigenvalue weighted by Gasteiger charge is -2.35. The summed E-state index contributed by atoms with van der Waals surface area (Å²) in [7, 11) is 0. The van der Waals surface area contributed by atoms with Crippen molar-refractivity contribution >= 4 is 23.2 Å². The molecule has 1 aliphatic heterocycles. The van der Waals surface area contributed by atoms with Crippen molar-refractivity contribution in [3.63, 3.8) is 0 Å². The molecule has 0 aromatic carbocycles. The predicted octanol–water partition coefficient (Wildman–Crippen LogP) is 3.29. The third-order valence-electron chi connectivity index (χ3n) is 4.66. The van der Waals surface area contributed by atoms with Crippen LogP contribution in [0.15, 0.2) is 40.3 Å². The first-order valence-electron chi connectivity index (χ1n) is 9.40. The number of hydrogen-bond acceptors (Lipinski definition) is 6. The van der Waals surface area contributed by atoms with Crippen LogP contribution in [-0.2, 0) is 27.4 Å². The van der Waals surface area contributed by atoms with Crippen molar-refractivity contribution in [3.8, 4) is 0 Å². The van der Waals surface area contributed by atoms with Crippen LogP contribution in [0.4, 0.5) is 0 Å². The van der Waals surface area contributed by atoms with Gasteiger partial charge in [0, 0.05) is 18.0 Å². The lowest BCUT2D eigenvalue weighted by molar-refractivity contribution is -0.157. The Morgan fingerprint density at radius 2 is 2.19 bits per heavy atom. The average Bonchev–Trinajstić information content (AvgIpc) is 3.36. The number of rotatable bonds is 8. The minimum absolute atomic E-state index is 0.0316. The Morgan fingerprint density at radius 3 is 2.89 bits per heavy atom. The van der Waals surface area contributed by atoms with Gasteiger partial charge in [-0.05, 0) is 49.8 Å². The van der Waals surface area contributed by atoms with Crippen molar-refractivity contribution in [1.29, 1.82) is 0 Å². The largest absolute Gasteiger partial charge is 0.468 e. The summed E-state index contributed by atoms with van der Waals surface area (Å²) >= 11 is 1.67. The number of carbonyl (C=O) groups excluding carboxylic acids is 2. The van der Waals surface area contributed by atoms with Crippen LogP contribution in [0.3, 0.4) is 0 Å². The number of hydrogen-bond donors (Lipinski definition) is 0. The van der Waals surface area contributed by atoms with E-state index in [4.69, 9.17) is 9.15 Å². The highest BCUT2D eigenvalue weighted by atomic mass is 32.1. The van der Waals surface area contributed by atoms with Gasteiger partial charge in [0.25, 0.3) is 0 Å². The van der Waals surface area contributed by atoms with Gasteiger partial charge in [0.15, 0.2) is 0 Å². The highest BCUT2D eigenvalue weighted by Crippen LogP contribution is 2.20. The fraction of sp³-hybridized carbons (Fsp3) is 0.500. The number of likely N-dealkylation sites (tertiary alicyclic amines) is 1. The van der Waals surface area contributed by atoms with Gasteiger partial charge in [-0.15, -0.1) is 11.3 Å². The molecule has 2 aromatic heterocycles. The molecule has 2 aromatic rings. The Morgan fingerprint density at radius 1 is 1.30 bits per heavy atom. The van der Waals surface area contributed by atoms with Gasteiger partial charge in [-0.25, -0.2) is 4.79 Å². The van der Waals surface area contributed by atoms with Gasteiger partial charge >= 0.3 is 5.97 Å². The molecular weight excluding hydrogens is 364 g/mol. The van der Waals surface area contributed by atoms with E-state index in [2.05, 4.69) is 11.0 Å². The molecule has 0 bridgehead atoms. The molecule has 27 heavy (non-hydrogen) atoms. The number of ether oxygens (including phenoxy) is 1. The summed E-state index contributed by atoms with van der Waals surface area (Å²) in [6, 6.07) is 7.37. The van der Waals surface area contributed by atoms with Crippen LogP contribution in [0.2, 0.25) is 0 Å². The Labute approximate surface area is 163 Å². The molecule has 0 aliphatic carbocycles. The lowest BCUT2D eigenvalue weighted by atomic mass is 10.0. The predicted molar refractivity (Wildman–Crippen MR) is 103 cm³/mol. The van der Waals surface area contributed by atoms with E-state index in [-0.39, 0.29) is 18.4 Å². The highest BCUT2D eigenvalue weighted by Gasteiger charge is 2.33. The minimum atomic E-state index is -0.460. The topological polar surface area (TPSA) is 63.0 Å². The summed E-state index contributed by atoms with van der Waals surface area (Å²) < 4.78 is 10.6. The van der Waals surface area contributed by atoms with E-state index in [0.717, 1.165) is 18.6 Å². The van der Waals surface area contributed by atoms with E-state index >= 15 is 0 Å². The van der Waals surface area contributed by atoms with Crippen LogP contribution in [-0.4, -0.2) is 47.4 Å². The van der Waals surface area contributed by atoms with Gasteiger partial charge in [0.05, 0.1) is 26.0 Å². The van der Waals surface area contributed by atoms with Crippen LogP contribution in [0.5, 0.6) is 0 Å². The number of nitrogens with zero attached hydrogens (tertiary/aromatic N) is 2. The van der Waals surface area contributed by atoms with Gasteiger partial charge in [-0.2, -0.15) is 0 Å². The maximum atomic E-state index is 13.0. The molecule has 0 spiro atoms. The van der Waals surface area contributed by atoms with E-state index in [0.29, 0.717) is 32.7 Å². The van der Waals surface area contributed by atoms with E-state index in [1.165, 1.54) is 4.88 Å². The SMILES string of the molecule is CCOC(=O)C1CCCCN1C(=O)CN(Cc1ccco1)Cc1cccs1. The molecule has 1 amide bonds. The first kappa shape index (κ1) is 19.6. The van der Waals surface area contributed by atoms with Crippen LogP contribution in [0, 0.1) is 0 Å². The second kappa shape index (κ2) is 9.71. The maximum Gasteiger partial charge on any atom is 0.328 e. The van der Waals surface area contributed by atoms with Gasteiger partial charge < -0.3 is 14.1 Å². The molecule has 3 heterocycles. The molecule has 3 rings (SSSR count). The zero-order chi connectivity index (χ0) is 19.1. The van der Waals surface area contributed by atoms with E-state index in [1.807, 2.05) is 23.6 Å². The molecule has 6 nitrogen and oxygen atoms in total. The van der Waals surface area contributed by atoms with E-state index in [9.17, 15) is 9.59 Å². The summed E-state index contributed by atoms with van der Waals surface area (Å²) in [5, 5.41) is 2.03. The number of furan rings is 1. The van der Waals surface area contributed by atoms with Gasteiger partial charge in [0.1, 0.15) is 11.8 Å². The summed E-state index contributed by atoms with van der Waals surface area (Å²) in [6.07, 6.45) is 4.18. The third kappa shape index (κ3) is 5.43. The Kier molecular flexibility index (Phi) is 7.06. The fourth-order valence-corrected chi connectivity index (χ4v) is 4.16. The molecule has 0 N–H and O–H groups in total. The van der Waals surface area contributed by atoms with Gasteiger partial charge in [0.2, 0.25) is 5.91 Å². The van der Waals surface area contributed by atoms with Crippen molar-refractivity contribution < 1.29 is 18.7 Å². The second-order valence-corrected chi connectivity index (χ2v) is 7.69. The Hall–Kier alpha value is -2.12. The van der Waals surface area contributed by atoms with Crippen LogP contribution in [0.25, 0.3) is 0 Å². The van der Waals surface area contributed by atoms with Crippen LogP contribution in [0.1, 0.15) is 36.8 Å². The average molecular weight is 391 g/mol. The first-order valence-corrected chi connectivity index (χ1v) is 10.3. The molecule has 1 fully saturated rings. The standard InChI is InChI=1S/C20H26N2O4S/c1-2-25-20(24)18-9-3-4-10-22(18)19(23)15-21(13-16-7-5-11-26-16)14-17-8-6-12-27-17/h5-8,11-12,18H,2-4,9-10,13-15H2,1H3. The zero-order valence-corrected chi connectivity index (χ0v) is 16.5. The number of piperidine rings is 1. The molecule has 1 aliphatic rings. The summed E-state index contributed by atoms with van der Waals surface area (Å²) in [5.41, 5.74) is 0. The van der Waals surface area contributed by atoms with Crippen molar-refractivity contribution in [1.82, 2.24) is 9.80 Å². The van der Waals surface area contributed by atoms with Crippen molar-refractivity contribution in [2.75, 3.05) is 19.7 Å². The van der Waals surface area contributed by atoms with Gasteiger partial charge in [-0.1, -0.05) is 6.07 Å². The van der Waals surface area contributed by atoms with Crippen molar-refractivity contribution in [2.45, 2.75) is 45.3 Å². The van der Waals surface area contributed by atoms with E-state index < -0.39 is 6.04 Å². The Bertz CT molecular complexity index is 678. The van der Waals surface area contributed by atoms with Crippen molar-refractivity contribution in [3.05, 3.63) is 46.5 Å². The van der Waals surface area contributed by atoms with Crippen molar-refractivity contribution in [2.24, 2.45) is 0 Å². The molecule has 1 unspecified atom stereocenters. The molecule has 1 saturated heterocycles. The maximum absolute atomic E-state index is 13.0. The third-order valence-corrected chi connectivity index (χ3v) is 5.52. The number of amides is 1. The van der Waals surface area contributed by atoms with Crippen LogP contribution >= 0.6 is 11.3 Å². The number of carbonyl (C=O) groups is 2. The highest BCUT2D eigenvalue weighted by molar-refractivity contribution is 7.09. The summed E-state index contributed by atoms with van der Waals surface area (Å²) in [6.45, 7) is 4.19. The molecule has 146 valence electrons. The first-order chi connectivity index (χ1) is 13.2.